The number of carbonyl (C=O) groups is 2. The molecule has 4 rings (SSSR count). The van der Waals surface area contributed by atoms with Gasteiger partial charge in [-0.1, -0.05) is 18.2 Å². The number of rotatable bonds is 2. The lowest BCUT2D eigenvalue weighted by Crippen LogP contribution is -2.64. The number of aromatic amines is 1. The third kappa shape index (κ3) is 2.57. The normalized spacial score (nSPS) is 22.0. The van der Waals surface area contributed by atoms with E-state index in [4.69, 9.17) is 0 Å². The van der Waals surface area contributed by atoms with Gasteiger partial charge in [-0.05, 0) is 6.07 Å². The smallest absolute Gasteiger partial charge is 0.239 e. The Morgan fingerprint density at radius 3 is 3.04 bits per heavy atom. The van der Waals surface area contributed by atoms with Crippen LogP contribution in [-0.2, 0) is 16.0 Å². The Bertz CT molecular complexity index is 756. The van der Waals surface area contributed by atoms with E-state index in [1.54, 1.807) is 4.90 Å². The number of carbonyl (C=O) groups excluding carboxylic acids is 2. The number of aromatic nitrogens is 2. The van der Waals surface area contributed by atoms with Crippen LogP contribution < -0.4 is 5.32 Å². The Kier molecular flexibility index (Phi) is 3.49. The summed E-state index contributed by atoms with van der Waals surface area (Å²) in [6.45, 7) is 3.46. The fraction of sp³-hybridized carbons (Fsp3) is 0.438. The molecule has 0 spiro atoms. The Hall–Kier alpha value is -2.41. The molecule has 7 heteroatoms. The Balaban J connectivity index is 1.48. The van der Waals surface area contributed by atoms with Crippen molar-refractivity contribution in [1.82, 2.24) is 25.3 Å². The average molecular weight is 313 g/mol. The SMILES string of the molecule is O=C1NCCN2CCN(C(=O)Cc3[nH]nc4ccccc34)C[C@H]12. The van der Waals surface area contributed by atoms with Crippen molar-refractivity contribution in [2.45, 2.75) is 12.5 Å². The molecule has 2 fully saturated rings. The van der Waals surface area contributed by atoms with Gasteiger partial charge in [-0.25, -0.2) is 0 Å². The van der Waals surface area contributed by atoms with Crippen LogP contribution in [-0.4, -0.2) is 70.6 Å². The van der Waals surface area contributed by atoms with E-state index in [9.17, 15) is 9.59 Å². The van der Waals surface area contributed by atoms with Crippen molar-refractivity contribution in [2.75, 3.05) is 32.7 Å². The van der Waals surface area contributed by atoms with E-state index in [1.807, 2.05) is 24.3 Å². The third-order valence-corrected chi connectivity index (χ3v) is 4.71. The van der Waals surface area contributed by atoms with Gasteiger partial charge in [-0.15, -0.1) is 0 Å². The summed E-state index contributed by atoms with van der Waals surface area (Å²) in [5.41, 5.74) is 1.70. The van der Waals surface area contributed by atoms with Gasteiger partial charge in [0.1, 0.15) is 6.04 Å². The largest absolute Gasteiger partial charge is 0.353 e. The van der Waals surface area contributed by atoms with Crippen LogP contribution in [0.3, 0.4) is 0 Å². The zero-order valence-electron chi connectivity index (χ0n) is 12.8. The van der Waals surface area contributed by atoms with Crippen molar-refractivity contribution in [2.24, 2.45) is 0 Å². The van der Waals surface area contributed by atoms with Crippen molar-refractivity contribution in [3.05, 3.63) is 30.0 Å². The molecule has 2 aromatic rings. The lowest BCUT2D eigenvalue weighted by molar-refractivity contribution is -0.139. The second-order valence-electron chi connectivity index (χ2n) is 6.08. The number of hydrogen-bond donors (Lipinski definition) is 2. The van der Waals surface area contributed by atoms with E-state index in [1.165, 1.54) is 0 Å². The van der Waals surface area contributed by atoms with Gasteiger partial charge in [-0.2, -0.15) is 5.10 Å². The van der Waals surface area contributed by atoms with Crippen molar-refractivity contribution in [1.29, 1.82) is 0 Å². The van der Waals surface area contributed by atoms with Gasteiger partial charge in [0.25, 0.3) is 0 Å². The predicted molar refractivity (Wildman–Crippen MR) is 84.7 cm³/mol. The fourth-order valence-electron chi connectivity index (χ4n) is 3.42. The Morgan fingerprint density at radius 1 is 1.26 bits per heavy atom. The van der Waals surface area contributed by atoms with Crippen LogP contribution in [0.25, 0.3) is 10.9 Å². The van der Waals surface area contributed by atoms with Gasteiger partial charge in [0.15, 0.2) is 0 Å². The van der Waals surface area contributed by atoms with Crippen LogP contribution in [0.15, 0.2) is 24.3 Å². The molecule has 3 heterocycles. The van der Waals surface area contributed by atoms with Crippen molar-refractivity contribution in [3.63, 3.8) is 0 Å². The minimum atomic E-state index is -0.208. The van der Waals surface area contributed by atoms with Gasteiger partial charge in [0.05, 0.1) is 17.6 Å². The number of benzene rings is 1. The molecule has 0 saturated carbocycles. The van der Waals surface area contributed by atoms with E-state index in [0.717, 1.165) is 29.7 Å². The van der Waals surface area contributed by atoms with Gasteiger partial charge in [0, 0.05) is 38.1 Å². The van der Waals surface area contributed by atoms with E-state index in [2.05, 4.69) is 20.4 Å². The number of hydrogen-bond acceptors (Lipinski definition) is 4. The number of nitrogens with zero attached hydrogens (tertiary/aromatic N) is 3. The Labute approximate surface area is 133 Å². The number of piperazine rings is 2. The second kappa shape index (κ2) is 5.66. The van der Waals surface area contributed by atoms with Crippen LogP contribution >= 0.6 is 0 Å². The van der Waals surface area contributed by atoms with Crippen LogP contribution in [0.2, 0.25) is 0 Å². The first-order valence-corrected chi connectivity index (χ1v) is 7.94. The summed E-state index contributed by atoms with van der Waals surface area (Å²) in [6, 6.07) is 7.55. The molecule has 2 amide bonds. The first kappa shape index (κ1) is 14.2. The number of fused-ring (bicyclic) bond motifs is 2. The van der Waals surface area contributed by atoms with Gasteiger partial charge in [-0.3, -0.25) is 19.6 Å². The third-order valence-electron chi connectivity index (χ3n) is 4.71. The molecular weight excluding hydrogens is 294 g/mol. The second-order valence-corrected chi connectivity index (χ2v) is 6.08. The van der Waals surface area contributed by atoms with Gasteiger partial charge < -0.3 is 10.2 Å². The highest BCUT2D eigenvalue weighted by molar-refractivity contribution is 5.88. The maximum atomic E-state index is 12.6. The molecule has 0 unspecified atom stereocenters. The number of para-hydroxylation sites is 1. The number of nitrogens with one attached hydrogen (secondary N) is 2. The highest BCUT2D eigenvalue weighted by Gasteiger charge is 2.36. The van der Waals surface area contributed by atoms with E-state index in [-0.39, 0.29) is 24.3 Å². The van der Waals surface area contributed by atoms with E-state index < -0.39 is 0 Å². The zero-order chi connectivity index (χ0) is 15.8. The summed E-state index contributed by atoms with van der Waals surface area (Å²) in [6.07, 6.45) is 0.287. The van der Waals surface area contributed by atoms with Crippen LogP contribution in [0, 0.1) is 0 Å². The fourth-order valence-corrected chi connectivity index (χ4v) is 3.42. The lowest BCUT2D eigenvalue weighted by Gasteiger charge is -2.43. The molecule has 2 N–H and O–H groups in total. The van der Waals surface area contributed by atoms with Crippen molar-refractivity contribution >= 4 is 22.7 Å². The van der Waals surface area contributed by atoms with Crippen LogP contribution in [0.4, 0.5) is 0 Å². The average Bonchev–Trinajstić information content (AvgIpc) is 2.98. The molecule has 2 aliphatic heterocycles. The minimum absolute atomic E-state index is 0.0285. The van der Waals surface area contributed by atoms with Crippen LogP contribution in [0.1, 0.15) is 5.69 Å². The summed E-state index contributed by atoms with van der Waals surface area (Å²) >= 11 is 0. The summed E-state index contributed by atoms with van der Waals surface area (Å²) in [4.78, 5) is 28.6. The molecule has 1 atom stereocenters. The molecule has 23 heavy (non-hydrogen) atoms. The lowest BCUT2D eigenvalue weighted by atomic mass is 10.1. The molecule has 7 nitrogen and oxygen atoms in total. The molecule has 120 valence electrons. The van der Waals surface area contributed by atoms with Gasteiger partial charge >= 0.3 is 0 Å². The first-order valence-electron chi connectivity index (χ1n) is 7.94. The monoisotopic (exact) mass is 313 g/mol. The summed E-state index contributed by atoms with van der Waals surface area (Å²) in [5, 5.41) is 11.0. The molecule has 1 aromatic heterocycles. The van der Waals surface area contributed by atoms with Crippen molar-refractivity contribution < 1.29 is 9.59 Å². The Morgan fingerprint density at radius 2 is 2.13 bits per heavy atom. The quantitative estimate of drug-likeness (QED) is 0.801. The maximum Gasteiger partial charge on any atom is 0.239 e. The molecular formula is C16H19N5O2. The predicted octanol–water partition coefficient (Wildman–Crippen LogP) is -0.252. The highest BCUT2D eigenvalue weighted by atomic mass is 16.2. The van der Waals surface area contributed by atoms with E-state index >= 15 is 0 Å². The highest BCUT2D eigenvalue weighted by Crippen LogP contribution is 2.18. The maximum absolute atomic E-state index is 12.6. The minimum Gasteiger partial charge on any atom is -0.353 e. The summed E-state index contributed by atoms with van der Waals surface area (Å²) in [5.74, 6) is 0.0677. The zero-order valence-corrected chi connectivity index (χ0v) is 12.8. The van der Waals surface area contributed by atoms with E-state index in [0.29, 0.717) is 19.6 Å². The molecule has 0 aliphatic carbocycles. The number of amides is 2. The summed E-state index contributed by atoms with van der Waals surface area (Å²) in [7, 11) is 0. The summed E-state index contributed by atoms with van der Waals surface area (Å²) < 4.78 is 0. The van der Waals surface area contributed by atoms with Gasteiger partial charge in [0.2, 0.25) is 11.8 Å². The first-order chi connectivity index (χ1) is 11.2. The standard InChI is InChI=1S/C16H19N5O2/c22-15(9-13-11-3-1-2-4-12(11)18-19-13)21-8-7-20-6-5-17-16(23)14(20)10-21/h1-4,14H,5-10H2,(H,17,23)(H,18,19)/t14-/m1/s1. The molecule has 2 saturated heterocycles. The topological polar surface area (TPSA) is 81.3 Å². The van der Waals surface area contributed by atoms with Crippen LogP contribution in [0.5, 0.6) is 0 Å². The molecule has 1 aromatic carbocycles. The number of H-pyrrole nitrogens is 1. The molecule has 2 aliphatic rings. The van der Waals surface area contributed by atoms with Crippen molar-refractivity contribution in [3.8, 4) is 0 Å². The molecule has 0 bridgehead atoms. The molecule has 0 radical (unpaired) electrons.